The number of aliphatic hydroxyl groups excluding tert-OH is 1. The number of aliphatic hydroxyl groups is 1. The SMILES string of the molecule is COC(=O)C1=C(Nc2ccc(C(c3ccccc3)(c3ccccc3)c3ccccc3)cc2)C(=O)N(CCO)C1. The van der Waals surface area contributed by atoms with Crippen molar-refractivity contribution in [3.05, 3.63) is 149 Å². The van der Waals surface area contributed by atoms with Gasteiger partial charge in [0.1, 0.15) is 5.70 Å². The van der Waals surface area contributed by atoms with E-state index in [2.05, 4.69) is 90.2 Å². The number of hydrogen-bond donors (Lipinski definition) is 2. The second-order valence-corrected chi connectivity index (χ2v) is 9.35. The van der Waals surface area contributed by atoms with Crippen molar-refractivity contribution in [2.75, 3.05) is 32.1 Å². The molecule has 0 saturated heterocycles. The fraction of sp³-hybridized carbons (Fsp3) is 0.152. The topological polar surface area (TPSA) is 78.9 Å². The number of ether oxygens (including phenoxy) is 1. The number of hydrogen-bond acceptors (Lipinski definition) is 5. The Morgan fingerprint density at radius 2 is 1.26 bits per heavy atom. The zero-order valence-corrected chi connectivity index (χ0v) is 21.7. The monoisotopic (exact) mass is 518 g/mol. The molecule has 1 aliphatic heterocycles. The van der Waals surface area contributed by atoms with E-state index in [9.17, 15) is 14.7 Å². The highest BCUT2D eigenvalue weighted by molar-refractivity contribution is 6.08. The lowest BCUT2D eigenvalue weighted by Gasteiger charge is -2.37. The van der Waals surface area contributed by atoms with Crippen LogP contribution in [0.4, 0.5) is 5.69 Å². The van der Waals surface area contributed by atoms with Gasteiger partial charge in [0, 0.05) is 12.2 Å². The van der Waals surface area contributed by atoms with Crippen LogP contribution < -0.4 is 5.32 Å². The molecule has 1 heterocycles. The van der Waals surface area contributed by atoms with Gasteiger partial charge in [-0.15, -0.1) is 0 Å². The number of β-amino-alcohol motifs (C(OH)–C–C–N with tert-alkyl or cyclic N) is 1. The molecule has 0 radical (unpaired) electrons. The fourth-order valence-corrected chi connectivity index (χ4v) is 5.36. The Labute approximate surface area is 228 Å². The van der Waals surface area contributed by atoms with Crippen LogP contribution in [-0.2, 0) is 19.7 Å². The highest BCUT2D eigenvalue weighted by Gasteiger charge is 2.38. The molecular formula is C33H30N2O4. The Balaban J connectivity index is 1.61. The summed E-state index contributed by atoms with van der Waals surface area (Å²) in [6, 6.07) is 39.2. The molecule has 2 N–H and O–H groups in total. The van der Waals surface area contributed by atoms with E-state index < -0.39 is 11.4 Å². The number of methoxy groups -OCH3 is 1. The highest BCUT2D eigenvalue weighted by atomic mass is 16.5. The summed E-state index contributed by atoms with van der Waals surface area (Å²) in [7, 11) is 1.29. The van der Waals surface area contributed by atoms with Gasteiger partial charge in [-0.3, -0.25) is 4.79 Å². The average molecular weight is 519 g/mol. The van der Waals surface area contributed by atoms with Crippen LogP contribution in [0.2, 0.25) is 0 Å². The first-order chi connectivity index (χ1) is 19.1. The predicted octanol–water partition coefficient (Wildman–Crippen LogP) is 4.74. The van der Waals surface area contributed by atoms with E-state index in [-0.39, 0.29) is 36.9 Å². The van der Waals surface area contributed by atoms with Crippen LogP contribution in [0.15, 0.2) is 127 Å². The van der Waals surface area contributed by atoms with E-state index in [1.54, 1.807) is 0 Å². The van der Waals surface area contributed by atoms with Crippen molar-refractivity contribution in [2.24, 2.45) is 0 Å². The summed E-state index contributed by atoms with van der Waals surface area (Å²) in [5, 5.41) is 12.5. The second-order valence-electron chi connectivity index (χ2n) is 9.35. The third kappa shape index (κ3) is 4.82. The van der Waals surface area contributed by atoms with Crippen LogP contribution >= 0.6 is 0 Å². The lowest BCUT2D eigenvalue weighted by Crippen LogP contribution is -2.31. The van der Waals surface area contributed by atoms with Gasteiger partial charge in [0.2, 0.25) is 0 Å². The molecule has 0 saturated carbocycles. The summed E-state index contributed by atoms with van der Waals surface area (Å²) in [5.74, 6) is -0.917. The minimum absolute atomic E-state index is 0.0889. The maximum Gasteiger partial charge on any atom is 0.337 e. The molecular weight excluding hydrogens is 488 g/mol. The lowest BCUT2D eigenvalue weighted by atomic mass is 9.65. The first-order valence-corrected chi connectivity index (χ1v) is 12.8. The predicted molar refractivity (Wildman–Crippen MR) is 151 cm³/mol. The molecule has 0 atom stereocenters. The first kappa shape index (κ1) is 25.9. The van der Waals surface area contributed by atoms with Gasteiger partial charge in [-0.25, -0.2) is 4.79 Å². The Bertz CT molecular complexity index is 1370. The van der Waals surface area contributed by atoms with Crippen molar-refractivity contribution >= 4 is 17.6 Å². The number of carbonyl (C=O) groups is 2. The van der Waals surface area contributed by atoms with Gasteiger partial charge < -0.3 is 20.1 Å². The second kappa shape index (κ2) is 11.4. The maximum absolute atomic E-state index is 13.0. The van der Waals surface area contributed by atoms with E-state index in [1.165, 1.54) is 12.0 Å². The van der Waals surface area contributed by atoms with Crippen molar-refractivity contribution in [1.29, 1.82) is 0 Å². The Hall–Kier alpha value is -4.68. The van der Waals surface area contributed by atoms with Crippen molar-refractivity contribution in [3.63, 3.8) is 0 Å². The molecule has 39 heavy (non-hydrogen) atoms. The molecule has 0 aliphatic carbocycles. The van der Waals surface area contributed by atoms with Crippen LogP contribution in [-0.4, -0.2) is 48.7 Å². The van der Waals surface area contributed by atoms with Gasteiger partial charge in [0.25, 0.3) is 5.91 Å². The largest absolute Gasteiger partial charge is 0.466 e. The summed E-state index contributed by atoms with van der Waals surface area (Å²) in [5.41, 5.74) is 4.93. The fourth-order valence-electron chi connectivity index (χ4n) is 5.36. The van der Waals surface area contributed by atoms with Gasteiger partial charge in [-0.1, -0.05) is 103 Å². The lowest BCUT2D eigenvalue weighted by molar-refractivity contribution is -0.136. The molecule has 0 fully saturated rings. The molecule has 6 heteroatoms. The number of benzene rings is 4. The summed E-state index contributed by atoms with van der Waals surface area (Å²) in [6.07, 6.45) is 0. The van der Waals surface area contributed by atoms with Crippen molar-refractivity contribution in [1.82, 2.24) is 4.90 Å². The molecule has 0 unspecified atom stereocenters. The zero-order chi connectivity index (χ0) is 27.2. The molecule has 5 rings (SSSR count). The number of carbonyl (C=O) groups excluding carboxylic acids is 2. The average Bonchev–Trinajstić information content (AvgIpc) is 3.30. The summed E-state index contributed by atoms with van der Waals surface area (Å²) in [6.45, 7) is 0.0333. The van der Waals surface area contributed by atoms with Crippen LogP contribution in [0.5, 0.6) is 0 Å². The molecule has 0 bridgehead atoms. The van der Waals surface area contributed by atoms with Crippen LogP contribution in [0.25, 0.3) is 0 Å². The standard InChI is InChI=1S/C33H30N2O4/c1-39-32(38)29-23-35(21-22-36)31(37)30(29)34-28-19-17-27(18-20-28)33(24-11-5-2-6-12-24,25-13-7-3-8-14-25)26-15-9-4-10-16-26/h2-20,34,36H,21-23H2,1H3. The zero-order valence-electron chi connectivity index (χ0n) is 21.7. The van der Waals surface area contributed by atoms with Crippen LogP contribution in [0, 0.1) is 0 Å². The van der Waals surface area contributed by atoms with Crippen molar-refractivity contribution < 1.29 is 19.4 Å². The third-order valence-corrected chi connectivity index (χ3v) is 7.16. The van der Waals surface area contributed by atoms with Crippen LogP contribution in [0.1, 0.15) is 22.3 Å². The Morgan fingerprint density at radius 1 is 0.795 bits per heavy atom. The minimum Gasteiger partial charge on any atom is -0.466 e. The number of nitrogens with one attached hydrogen (secondary N) is 1. The minimum atomic E-state index is -0.583. The first-order valence-electron chi connectivity index (χ1n) is 12.8. The van der Waals surface area contributed by atoms with E-state index in [4.69, 9.17) is 4.74 Å². The molecule has 196 valence electrons. The quantitative estimate of drug-likeness (QED) is 0.247. The van der Waals surface area contributed by atoms with Gasteiger partial charge in [0.05, 0.1) is 31.2 Å². The molecule has 0 aromatic heterocycles. The number of anilines is 1. The van der Waals surface area contributed by atoms with E-state index in [0.717, 1.165) is 22.3 Å². The highest BCUT2D eigenvalue weighted by Crippen LogP contribution is 2.45. The molecule has 1 amide bonds. The smallest absolute Gasteiger partial charge is 0.337 e. The normalized spacial score (nSPS) is 13.5. The van der Waals surface area contributed by atoms with E-state index in [0.29, 0.717) is 5.69 Å². The summed E-state index contributed by atoms with van der Waals surface area (Å²) in [4.78, 5) is 26.8. The summed E-state index contributed by atoms with van der Waals surface area (Å²) >= 11 is 0. The third-order valence-electron chi connectivity index (χ3n) is 7.16. The Morgan fingerprint density at radius 3 is 1.69 bits per heavy atom. The number of nitrogens with zero attached hydrogens (tertiary/aromatic N) is 1. The molecule has 0 spiro atoms. The van der Waals surface area contributed by atoms with Crippen LogP contribution in [0.3, 0.4) is 0 Å². The van der Waals surface area contributed by atoms with E-state index >= 15 is 0 Å². The molecule has 1 aliphatic rings. The number of esters is 1. The Kier molecular flexibility index (Phi) is 7.57. The van der Waals surface area contributed by atoms with Gasteiger partial charge in [-0.2, -0.15) is 0 Å². The molecule has 4 aromatic rings. The maximum atomic E-state index is 13.0. The number of amides is 1. The van der Waals surface area contributed by atoms with Crippen molar-refractivity contribution in [2.45, 2.75) is 5.41 Å². The molecule has 6 nitrogen and oxygen atoms in total. The van der Waals surface area contributed by atoms with Crippen molar-refractivity contribution in [3.8, 4) is 0 Å². The number of rotatable bonds is 9. The summed E-state index contributed by atoms with van der Waals surface area (Å²) < 4.78 is 4.91. The van der Waals surface area contributed by atoms with Gasteiger partial charge >= 0.3 is 5.97 Å². The van der Waals surface area contributed by atoms with Gasteiger partial charge in [-0.05, 0) is 34.4 Å². The molecule has 4 aromatic carbocycles. The van der Waals surface area contributed by atoms with E-state index in [1.807, 2.05) is 30.3 Å². The van der Waals surface area contributed by atoms with Gasteiger partial charge in [0.15, 0.2) is 0 Å².